The van der Waals surface area contributed by atoms with Gasteiger partial charge in [-0.15, -0.1) is 24.0 Å². The monoisotopic (exact) mass is 544 g/mol. The summed E-state index contributed by atoms with van der Waals surface area (Å²) in [4.78, 5) is 12.0. The van der Waals surface area contributed by atoms with Gasteiger partial charge in [-0.1, -0.05) is 19.3 Å². The maximum atomic E-state index is 12.7. The highest BCUT2D eigenvalue weighted by Gasteiger charge is 2.33. The molecule has 30 heavy (non-hydrogen) atoms. The second-order valence-corrected chi connectivity index (χ2v) is 7.35. The first-order chi connectivity index (χ1) is 13.9. The van der Waals surface area contributed by atoms with Crippen molar-refractivity contribution in [2.75, 3.05) is 38.1 Å². The summed E-state index contributed by atoms with van der Waals surface area (Å²) in [6.45, 7) is 4.26. The number of anilines is 1. The van der Waals surface area contributed by atoms with E-state index in [4.69, 9.17) is 4.99 Å². The van der Waals surface area contributed by atoms with E-state index in [1.54, 1.807) is 0 Å². The predicted molar refractivity (Wildman–Crippen MR) is 122 cm³/mol. The van der Waals surface area contributed by atoms with Gasteiger partial charge in [0.1, 0.15) is 5.69 Å². The molecule has 0 unspecified atom stereocenters. The van der Waals surface area contributed by atoms with Gasteiger partial charge in [-0.2, -0.15) is 13.2 Å². The summed E-state index contributed by atoms with van der Waals surface area (Å²) in [5, 5.41) is 18.6. The molecule has 0 radical (unpaired) electrons. The molecule has 1 aliphatic carbocycles. The molecule has 2 rings (SSSR count). The highest BCUT2D eigenvalue weighted by Crippen LogP contribution is 2.39. The highest BCUT2D eigenvalue weighted by molar-refractivity contribution is 14.0. The number of guanidine groups is 1. The topological polar surface area (TPSA) is 94.5 Å². The molecule has 1 heterocycles. The van der Waals surface area contributed by atoms with Crippen molar-refractivity contribution in [3.63, 3.8) is 0 Å². The first-order valence-corrected chi connectivity index (χ1v) is 10.2. The molecule has 0 aliphatic heterocycles. The van der Waals surface area contributed by atoms with Crippen LogP contribution in [0.3, 0.4) is 0 Å². The zero-order chi connectivity index (χ0) is 21.2. The third-order valence-electron chi connectivity index (χ3n) is 5.12. The van der Waals surface area contributed by atoms with E-state index >= 15 is 0 Å². The van der Waals surface area contributed by atoms with E-state index in [2.05, 4.69) is 25.9 Å². The number of aromatic nitrogens is 2. The van der Waals surface area contributed by atoms with Crippen LogP contribution >= 0.6 is 24.0 Å². The molecule has 172 valence electrons. The van der Waals surface area contributed by atoms with Crippen molar-refractivity contribution in [2.24, 2.45) is 10.4 Å². The van der Waals surface area contributed by atoms with E-state index in [0.29, 0.717) is 32.1 Å². The molecule has 11 heteroatoms. The van der Waals surface area contributed by atoms with Crippen LogP contribution in [0, 0.1) is 5.41 Å². The van der Waals surface area contributed by atoms with Crippen LogP contribution in [-0.4, -0.2) is 53.8 Å². The van der Waals surface area contributed by atoms with Gasteiger partial charge >= 0.3 is 6.18 Å². The number of nitrogens with zero attached hydrogens (tertiary/aromatic N) is 3. The van der Waals surface area contributed by atoms with Crippen LogP contribution in [0.5, 0.6) is 0 Å². The largest absolute Gasteiger partial charge is 0.433 e. The molecule has 1 aromatic heterocycles. The van der Waals surface area contributed by atoms with Crippen molar-refractivity contribution >= 4 is 35.9 Å². The smallest absolute Gasteiger partial charge is 0.396 e. The minimum Gasteiger partial charge on any atom is -0.396 e. The second-order valence-electron chi connectivity index (χ2n) is 7.35. The molecule has 4 N–H and O–H groups in total. The quantitative estimate of drug-likeness (QED) is 0.165. The fraction of sp³-hybridized carbons (Fsp3) is 0.737. The normalized spacial score (nSPS) is 16.5. The average Bonchev–Trinajstić information content (AvgIpc) is 2.70. The SMILES string of the molecule is CCNC(=NCC1(CCO)CCCCC1)NCCNc1nccc(C(F)(F)F)n1.I. The molecule has 0 spiro atoms. The molecular formula is C19H32F3IN6O. The summed E-state index contributed by atoms with van der Waals surface area (Å²) in [5.74, 6) is 0.592. The number of aliphatic hydroxyl groups excluding tert-OH is 1. The summed E-state index contributed by atoms with van der Waals surface area (Å²) in [6, 6.07) is 0.840. The van der Waals surface area contributed by atoms with E-state index in [1.165, 1.54) is 19.3 Å². The number of nitrogens with one attached hydrogen (secondary N) is 3. The van der Waals surface area contributed by atoms with Crippen LogP contribution in [0.4, 0.5) is 19.1 Å². The fourth-order valence-corrected chi connectivity index (χ4v) is 3.57. The summed E-state index contributed by atoms with van der Waals surface area (Å²) in [6.07, 6.45) is 3.06. The van der Waals surface area contributed by atoms with Gasteiger partial charge in [-0.25, -0.2) is 9.97 Å². The molecule has 7 nitrogen and oxygen atoms in total. The molecular weight excluding hydrogens is 512 g/mol. The Labute approximate surface area is 192 Å². The minimum atomic E-state index is -4.49. The third kappa shape index (κ3) is 8.78. The molecule has 0 bridgehead atoms. The first kappa shape index (κ1) is 26.7. The molecule has 1 saturated carbocycles. The van der Waals surface area contributed by atoms with Crippen molar-refractivity contribution in [1.82, 2.24) is 20.6 Å². The van der Waals surface area contributed by atoms with Gasteiger partial charge in [0.05, 0.1) is 0 Å². The van der Waals surface area contributed by atoms with Gasteiger partial charge < -0.3 is 21.1 Å². The Balaban J connectivity index is 0.00000450. The lowest BCUT2D eigenvalue weighted by molar-refractivity contribution is -0.141. The summed E-state index contributed by atoms with van der Waals surface area (Å²) in [7, 11) is 0. The van der Waals surface area contributed by atoms with Crippen LogP contribution in [0.2, 0.25) is 0 Å². The number of hydrogen-bond donors (Lipinski definition) is 4. The van der Waals surface area contributed by atoms with E-state index in [0.717, 1.165) is 31.5 Å². The van der Waals surface area contributed by atoms with Gasteiger partial charge in [0.2, 0.25) is 5.95 Å². The molecule has 0 atom stereocenters. The molecule has 0 aromatic carbocycles. The van der Waals surface area contributed by atoms with Crippen molar-refractivity contribution < 1.29 is 18.3 Å². The van der Waals surface area contributed by atoms with E-state index in [1.807, 2.05) is 6.92 Å². The Morgan fingerprint density at radius 2 is 1.93 bits per heavy atom. The van der Waals surface area contributed by atoms with Gasteiger partial charge in [0, 0.05) is 39.0 Å². The van der Waals surface area contributed by atoms with Crippen LogP contribution in [-0.2, 0) is 6.18 Å². The van der Waals surface area contributed by atoms with E-state index < -0.39 is 11.9 Å². The van der Waals surface area contributed by atoms with Crippen molar-refractivity contribution in [3.05, 3.63) is 18.0 Å². The standard InChI is InChI=1S/C19H31F3N6O.HI/c1-2-23-16(27-14-18(9-13-29)7-4-3-5-8-18)25-11-12-26-17-24-10-6-15(28-17)19(20,21)22;/h6,10,29H,2-5,7-9,11-14H2,1H3,(H2,23,25,27)(H,24,26,28);1H. The van der Waals surface area contributed by atoms with Gasteiger partial charge in [0.25, 0.3) is 0 Å². The second kappa shape index (κ2) is 13.1. The number of hydrogen-bond acceptors (Lipinski definition) is 5. The Hall–Kier alpha value is -1.37. The fourth-order valence-electron chi connectivity index (χ4n) is 3.57. The minimum absolute atomic E-state index is 0. The number of rotatable bonds is 9. The van der Waals surface area contributed by atoms with Crippen molar-refractivity contribution in [2.45, 2.75) is 51.6 Å². The van der Waals surface area contributed by atoms with Crippen molar-refractivity contribution in [1.29, 1.82) is 0 Å². The lowest BCUT2D eigenvalue weighted by Crippen LogP contribution is -2.41. The molecule has 0 amide bonds. The molecule has 1 aliphatic rings. The Kier molecular flexibility index (Phi) is 11.7. The lowest BCUT2D eigenvalue weighted by Gasteiger charge is -2.35. The average molecular weight is 544 g/mol. The van der Waals surface area contributed by atoms with Crippen molar-refractivity contribution in [3.8, 4) is 0 Å². The van der Waals surface area contributed by atoms with Gasteiger partial charge in [-0.3, -0.25) is 4.99 Å². The first-order valence-electron chi connectivity index (χ1n) is 10.2. The maximum absolute atomic E-state index is 12.7. The predicted octanol–water partition coefficient (Wildman–Crippen LogP) is 3.41. The van der Waals surface area contributed by atoms with Gasteiger partial charge in [0.15, 0.2) is 5.96 Å². The summed E-state index contributed by atoms with van der Waals surface area (Å²) in [5.41, 5.74) is -0.918. The zero-order valence-corrected chi connectivity index (χ0v) is 19.6. The van der Waals surface area contributed by atoms with Crippen LogP contribution < -0.4 is 16.0 Å². The number of aliphatic imine (C=N–C) groups is 1. The lowest BCUT2D eigenvalue weighted by atomic mass is 9.72. The summed E-state index contributed by atoms with van der Waals surface area (Å²) >= 11 is 0. The number of alkyl halides is 3. The van der Waals surface area contributed by atoms with Crippen LogP contribution in [0.15, 0.2) is 17.3 Å². The molecule has 0 saturated heterocycles. The van der Waals surface area contributed by atoms with E-state index in [-0.39, 0.29) is 41.9 Å². The Morgan fingerprint density at radius 1 is 1.20 bits per heavy atom. The molecule has 1 aromatic rings. The third-order valence-corrected chi connectivity index (χ3v) is 5.12. The van der Waals surface area contributed by atoms with Crippen LogP contribution in [0.1, 0.15) is 51.1 Å². The van der Waals surface area contributed by atoms with Crippen LogP contribution in [0.25, 0.3) is 0 Å². The Morgan fingerprint density at radius 3 is 2.57 bits per heavy atom. The number of halogens is 4. The number of aliphatic hydroxyl groups is 1. The molecule has 1 fully saturated rings. The highest BCUT2D eigenvalue weighted by atomic mass is 127. The maximum Gasteiger partial charge on any atom is 0.433 e. The van der Waals surface area contributed by atoms with E-state index in [9.17, 15) is 18.3 Å². The zero-order valence-electron chi connectivity index (χ0n) is 17.3. The summed E-state index contributed by atoms with van der Waals surface area (Å²) < 4.78 is 38.1. The Bertz CT molecular complexity index is 648. The van der Waals surface area contributed by atoms with Gasteiger partial charge in [-0.05, 0) is 37.7 Å².